The second kappa shape index (κ2) is 5.31. The molecule has 0 saturated carbocycles. The van der Waals surface area contributed by atoms with Crippen LogP contribution in [0.2, 0.25) is 0 Å². The van der Waals surface area contributed by atoms with Crippen molar-refractivity contribution in [3.8, 4) is 10.6 Å². The summed E-state index contributed by atoms with van der Waals surface area (Å²) in [6, 6.07) is 1.85. The normalized spacial score (nSPS) is 16.6. The van der Waals surface area contributed by atoms with E-state index in [1.54, 1.807) is 24.7 Å². The molecule has 0 unspecified atom stereocenters. The fraction of sp³-hybridized carbons (Fsp3) is 0. The van der Waals surface area contributed by atoms with Crippen LogP contribution in [0.5, 0.6) is 0 Å². The van der Waals surface area contributed by atoms with Crippen LogP contribution in [0.15, 0.2) is 39.4 Å². The van der Waals surface area contributed by atoms with Gasteiger partial charge in [0.25, 0.3) is 5.91 Å². The predicted octanol–water partition coefficient (Wildman–Crippen LogP) is 3.44. The first-order valence-electron chi connectivity index (χ1n) is 6.23. The lowest BCUT2D eigenvalue weighted by Gasteiger charge is -1.96. The summed E-state index contributed by atoms with van der Waals surface area (Å²) in [7, 11) is 0. The third-order valence-electron chi connectivity index (χ3n) is 3.02. The van der Waals surface area contributed by atoms with Crippen LogP contribution in [0.25, 0.3) is 27.6 Å². The van der Waals surface area contributed by atoms with Crippen molar-refractivity contribution >= 4 is 62.6 Å². The molecule has 4 rings (SSSR count). The predicted molar refractivity (Wildman–Crippen MR) is 91.4 cm³/mol. The molecule has 1 N–H and O–H groups in total. The summed E-state index contributed by atoms with van der Waals surface area (Å²) in [6.07, 6.45) is 6.88. The summed E-state index contributed by atoms with van der Waals surface area (Å²) in [5, 5.41) is 6.20. The summed E-state index contributed by atoms with van der Waals surface area (Å²) < 4.78 is 6.34. The van der Waals surface area contributed by atoms with Crippen molar-refractivity contribution in [3.63, 3.8) is 0 Å². The van der Waals surface area contributed by atoms with Gasteiger partial charge in [-0.2, -0.15) is 0 Å². The van der Waals surface area contributed by atoms with Crippen LogP contribution in [-0.2, 0) is 4.79 Å². The number of thioether (sulfide) groups is 1. The van der Waals surface area contributed by atoms with E-state index in [-0.39, 0.29) is 5.91 Å². The number of carbonyl (C=O) groups excluding carboxylic acids is 1. The molecule has 1 saturated heterocycles. The second-order valence-corrected chi connectivity index (χ2v) is 7.06. The van der Waals surface area contributed by atoms with Gasteiger partial charge in [0.1, 0.15) is 20.7 Å². The Morgan fingerprint density at radius 1 is 1.36 bits per heavy atom. The van der Waals surface area contributed by atoms with Crippen LogP contribution < -0.4 is 5.32 Å². The molecule has 0 radical (unpaired) electrons. The fourth-order valence-electron chi connectivity index (χ4n) is 2.11. The van der Waals surface area contributed by atoms with Crippen molar-refractivity contribution < 1.29 is 9.21 Å². The molecule has 1 amide bonds. The number of furan rings is 1. The average molecular weight is 345 g/mol. The Morgan fingerprint density at radius 2 is 2.27 bits per heavy atom. The summed E-state index contributed by atoms with van der Waals surface area (Å²) in [6.45, 7) is 0. The number of nitrogens with zero attached hydrogens (tertiary/aromatic N) is 2. The first kappa shape index (κ1) is 13.6. The molecule has 8 heteroatoms. The Morgan fingerprint density at radius 3 is 3.00 bits per heavy atom. The van der Waals surface area contributed by atoms with E-state index in [1.807, 2.05) is 11.4 Å². The van der Waals surface area contributed by atoms with Crippen molar-refractivity contribution in [1.82, 2.24) is 15.3 Å². The van der Waals surface area contributed by atoms with Gasteiger partial charge in [0.05, 0.1) is 10.5 Å². The lowest BCUT2D eigenvalue weighted by atomic mass is 10.2. The monoisotopic (exact) mass is 345 g/mol. The van der Waals surface area contributed by atoms with Gasteiger partial charge in [-0.1, -0.05) is 24.0 Å². The highest BCUT2D eigenvalue weighted by Crippen LogP contribution is 2.33. The number of carbonyl (C=O) groups is 1. The molecule has 1 fully saturated rings. The number of fused-ring (bicyclic) bond motifs is 1. The van der Waals surface area contributed by atoms with Crippen molar-refractivity contribution in [2.24, 2.45) is 0 Å². The van der Waals surface area contributed by atoms with E-state index >= 15 is 0 Å². The molecule has 1 aliphatic rings. The largest absolute Gasteiger partial charge is 0.456 e. The molecule has 3 aromatic rings. The van der Waals surface area contributed by atoms with Crippen LogP contribution >= 0.6 is 35.3 Å². The Bertz CT molecular complexity index is 928. The van der Waals surface area contributed by atoms with Gasteiger partial charge >= 0.3 is 0 Å². The van der Waals surface area contributed by atoms with Crippen molar-refractivity contribution in [3.05, 3.63) is 40.7 Å². The average Bonchev–Trinajstić information content (AvgIpc) is 3.19. The number of aromatic nitrogens is 2. The molecule has 0 bridgehead atoms. The molecule has 1 aliphatic heterocycles. The first-order chi connectivity index (χ1) is 10.7. The third-order valence-corrected chi connectivity index (χ3v) is 4.99. The highest BCUT2D eigenvalue weighted by molar-refractivity contribution is 8.26. The number of hydrogen-bond donors (Lipinski definition) is 1. The van der Waals surface area contributed by atoms with Gasteiger partial charge in [0.2, 0.25) is 0 Å². The molecular weight excluding hydrogens is 338 g/mol. The molecule has 0 aromatic carbocycles. The minimum absolute atomic E-state index is 0.200. The van der Waals surface area contributed by atoms with E-state index in [9.17, 15) is 4.79 Å². The lowest BCUT2D eigenvalue weighted by Crippen LogP contribution is -2.17. The van der Waals surface area contributed by atoms with Gasteiger partial charge in [-0.15, -0.1) is 11.3 Å². The zero-order chi connectivity index (χ0) is 15.1. The maximum absolute atomic E-state index is 11.7. The van der Waals surface area contributed by atoms with Gasteiger partial charge in [0, 0.05) is 35.4 Å². The molecule has 0 aliphatic carbocycles. The van der Waals surface area contributed by atoms with Crippen LogP contribution in [0, 0.1) is 0 Å². The molecule has 0 atom stereocenters. The Labute approximate surface area is 138 Å². The maximum atomic E-state index is 11.7. The van der Waals surface area contributed by atoms with Gasteiger partial charge in [-0.25, -0.2) is 4.98 Å². The molecule has 0 spiro atoms. The maximum Gasteiger partial charge on any atom is 0.263 e. The Hall–Kier alpha value is -2.03. The van der Waals surface area contributed by atoms with Gasteiger partial charge in [0.15, 0.2) is 0 Å². The van der Waals surface area contributed by atoms with Crippen molar-refractivity contribution in [2.75, 3.05) is 0 Å². The second-order valence-electron chi connectivity index (χ2n) is 4.44. The van der Waals surface area contributed by atoms with Crippen molar-refractivity contribution in [1.29, 1.82) is 0 Å². The van der Waals surface area contributed by atoms with E-state index in [2.05, 4.69) is 15.3 Å². The van der Waals surface area contributed by atoms with Crippen molar-refractivity contribution in [2.45, 2.75) is 0 Å². The number of thiocarbonyl (C=S) groups is 1. The zero-order valence-corrected chi connectivity index (χ0v) is 13.3. The molecule has 4 heterocycles. The van der Waals surface area contributed by atoms with Gasteiger partial charge in [-0.05, 0) is 6.07 Å². The minimum Gasteiger partial charge on any atom is -0.456 e. The number of rotatable bonds is 2. The van der Waals surface area contributed by atoms with Gasteiger partial charge < -0.3 is 9.73 Å². The Kier molecular flexibility index (Phi) is 3.29. The molecule has 3 aromatic heterocycles. The SMILES string of the molecule is O=C1NC(=S)SC1=Cc1cc2cncc(-c3nccs3)c2o1. The number of amides is 1. The number of thiazole rings is 1. The summed E-state index contributed by atoms with van der Waals surface area (Å²) in [5.74, 6) is 0.386. The first-order valence-corrected chi connectivity index (χ1v) is 8.33. The smallest absolute Gasteiger partial charge is 0.263 e. The highest BCUT2D eigenvalue weighted by Gasteiger charge is 2.23. The number of pyridine rings is 1. The van der Waals surface area contributed by atoms with E-state index in [4.69, 9.17) is 16.6 Å². The number of nitrogens with one attached hydrogen (secondary N) is 1. The van der Waals surface area contributed by atoms with Crippen LogP contribution in [0.3, 0.4) is 0 Å². The molecule has 22 heavy (non-hydrogen) atoms. The molecule has 5 nitrogen and oxygen atoms in total. The summed E-state index contributed by atoms with van der Waals surface area (Å²) in [4.78, 5) is 20.7. The van der Waals surface area contributed by atoms with Crippen LogP contribution in [-0.4, -0.2) is 20.2 Å². The lowest BCUT2D eigenvalue weighted by molar-refractivity contribution is -0.115. The topological polar surface area (TPSA) is 68.0 Å². The molecular formula is C14H7N3O2S3. The van der Waals surface area contributed by atoms with E-state index in [1.165, 1.54) is 23.1 Å². The van der Waals surface area contributed by atoms with E-state index in [0.717, 1.165) is 16.0 Å². The summed E-state index contributed by atoms with van der Waals surface area (Å²) >= 11 is 7.72. The quantitative estimate of drug-likeness (QED) is 0.567. The van der Waals surface area contributed by atoms with Crippen LogP contribution in [0.4, 0.5) is 0 Å². The minimum atomic E-state index is -0.200. The van der Waals surface area contributed by atoms with Gasteiger partial charge in [-0.3, -0.25) is 9.78 Å². The molecule has 108 valence electrons. The summed E-state index contributed by atoms with van der Waals surface area (Å²) in [5.41, 5.74) is 1.55. The third kappa shape index (κ3) is 2.35. The Balaban J connectivity index is 1.82. The fourth-order valence-corrected chi connectivity index (χ4v) is 3.78. The van der Waals surface area contributed by atoms with E-state index in [0.29, 0.717) is 20.6 Å². The highest BCUT2D eigenvalue weighted by atomic mass is 32.2. The standard InChI is InChI=1S/C14H7N3O2S3/c18-12-10(22-14(20)17-12)4-8-3-7-5-15-6-9(11(7)19-8)13-16-1-2-21-13/h1-6H,(H,17,18,20). The zero-order valence-electron chi connectivity index (χ0n) is 10.9. The van der Waals surface area contributed by atoms with E-state index < -0.39 is 0 Å². The number of hydrogen-bond acceptors (Lipinski definition) is 7. The van der Waals surface area contributed by atoms with Crippen LogP contribution in [0.1, 0.15) is 5.76 Å².